The van der Waals surface area contributed by atoms with Gasteiger partial charge < -0.3 is 50.5 Å². The SMILES string of the molecule is CCCCCCCCCCCCCCCCCCCCCCCCCCCCCCCCCCCCCCC(O)C(=O)NC(COC1OC(CO)C(O)C(O)C1O)C(O)C(O)CCCCCCCCCCCCCCCCCCCCCCCCCCCCCCC. The number of aliphatic hydroxyl groups excluding tert-OH is 7. The van der Waals surface area contributed by atoms with E-state index in [9.17, 15) is 40.5 Å². The summed E-state index contributed by atoms with van der Waals surface area (Å²) in [4.78, 5) is 13.3. The molecule has 1 aliphatic heterocycles. The average Bonchev–Trinajstić information content (AvgIpc) is 0.946. The number of hydrogen-bond donors (Lipinski definition) is 8. The second-order valence-electron chi connectivity index (χ2n) is 29.6. The number of unbranched alkanes of at least 4 members (excludes halogenated alkanes) is 63. The molecular formula is C81H161NO10. The molecule has 0 saturated carbocycles. The number of amides is 1. The second-order valence-corrected chi connectivity index (χ2v) is 29.6. The molecule has 0 bridgehead atoms. The number of ether oxygens (including phenoxy) is 2. The van der Waals surface area contributed by atoms with Crippen LogP contribution in [0, 0.1) is 0 Å². The van der Waals surface area contributed by atoms with Gasteiger partial charge in [-0.15, -0.1) is 0 Å². The summed E-state index contributed by atoms with van der Waals surface area (Å²) in [7, 11) is 0. The molecule has 0 aliphatic carbocycles. The van der Waals surface area contributed by atoms with Crippen molar-refractivity contribution in [1.82, 2.24) is 5.32 Å². The molecule has 1 amide bonds. The smallest absolute Gasteiger partial charge is 0.249 e. The van der Waals surface area contributed by atoms with Crippen molar-refractivity contribution in [3.05, 3.63) is 0 Å². The number of rotatable bonds is 75. The third-order valence-corrected chi connectivity index (χ3v) is 20.7. The van der Waals surface area contributed by atoms with Gasteiger partial charge in [-0.05, 0) is 12.8 Å². The van der Waals surface area contributed by atoms with Crippen LogP contribution in [0.2, 0.25) is 0 Å². The molecule has 1 rings (SSSR count). The third kappa shape index (κ3) is 56.0. The number of aliphatic hydroxyl groups is 7. The lowest BCUT2D eigenvalue weighted by atomic mass is 9.98. The zero-order valence-electron chi connectivity index (χ0n) is 61.3. The van der Waals surface area contributed by atoms with E-state index in [1.54, 1.807) is 0 Å². The van der Waals surface area contributed by atoms with Crippen LogP contribution in [-0.4, -0.2) is 110 Å². The average molecular weight is 1310 g/mol. The molecule has 550 valence electrons. The van der Waals surface area contributed by atoms with Crippen LogP contribution in [0.1, 0.15) is 444 Å². The van der Waals surface area contributed by atoms with Gasteiger partial charge in [-0.25, -0.2) is 0 Å². The number of nitrogens with one attached hydrogen (secondary N) is 1. The van der Waals surface area contributed by atoms with Gasteiger partial charge in [0.2, 0.25) is 5.91 Å². The van der Waals surface area contributed by atoms with Crippen molar-refractivity contribution in [2.45, 2.75) is 499 Å². The van der Waals surface area contributed by atoms with Gasteiger partial charge in [0.1, 0.15) is 36.6 Å². The van der Waals surface area contributed by atoms with Gasteiger partial charge in [0.15, 0.2) is 6.29 Å². The molecule has 11 nitrogen and oxygen atoms in total. The highest BCUT2D eigenvalue weighted by Gasteiger charge is 2.44. The zero-order valence-corrected chi connectivity index (χ0v) is 61.3. The minimum atomic E-state index is -1.66. The Morgan fingerprint density at radius 2 is 0.565 bits per heavy atom. The van der Waals surface area contributed by atoms with Gasteiger partial charge in [0.25, 0.3) is 0 Å². The molecule has 0 radical (unpaired) electrons. The van der Waals surface area contributed by atoms with Crippen LogP contribution in [0.15, 0.2) is 0 Å². The maximum atomic E-state index is 13.3. The Labute approximate surface area is 570 Å². The normalized spacial score (nSPS) is 18.2. The summed E-state index contributed by atoms with van der Waals surface area (Å²) in [5, 5.41) is 76.8. The van der Waals surface area contributed by atoms with E-state index in [1.807, 2.05) is 0 Å². The van der Waals surface area contributed by atoms with Crippen LogP contribution in [0.4, 0.5) is 0 Å². The van der Waals surface area contributed by atoms with Crippen LogP contribution < -0.4 is 5.32 Å². The van der Waals surface area contributed by atoms with Crippen LogP contribution in [0.25, 0.3) is 0 Å². The van der Waals surface area contributed by atoms with Crippen molar-refractivity contribution >= 4 is 5.91 Å². The van der Waals surface area contributed by atoms with E-state index in [4.69, 9.17) is 9.47 Å². The van der Waals surface area contributed by atoms with Gasteiger partial charge in [-0.1, -0.05) is 431 Å². The summed E-state index contributed by atoms with van der Waals surface area (Å²) in [5.74, 6) is -0.685. The highest BCUT2D eigenvalue weighted by molar-refractivity contribution is 5.80. The molecule has 1 aliphatic rings. The molecule has 0 aromatic rings. The Morgan fingerprint density at radius 1 is 0.337 bits per heavy atom. The molecule has 1 saturated heterocycles. The standard InChI is InChI=1S/C81H161NO10/c1-3-5-7-9-11-13-15-17-19-21-23-25-27-29-31-33-34-35-36-37-38-39-41-43-45-47-49-51-53-55-57-59-61-63-65-67-69-74(85)80(90)82-72(71-91-81-79(89)78(88)77(87)75(70-83)92-81)76(86)73(84)68-66-64-62-60-58-56-54-52-50-48-46-44-42-40-32-30-28-26-24-22-20-18-16-14-12-10-8-6-4-2/h72-79,81,83-89H,3-71H2,1-2H3,(H,82,90). The quantitative estimate of drug-likeness (QED) is 0.0272. The van der Waals surface area contributed by atoms with Gasteiger partial charge in [-0.2, -0.15) is 0 Å². The van der Waals surface area contributed by atoms with Crippen LogP contribution >= 0.6 is 0 Å². The van der Waals surface area contributed by atoms with Crippen molar-refractivity contribution in [2.24, 2.45) is 0 Å². The second kappa shape index (κ2) is 70.0. The van der Waals surface area contributed by atoms with Crippen molar-refractivity contribution in [1.29, 1.82) is 0 Å². The van der Waals surface area contributed by atoms with E-state index in [0.717, 1.165) is 38.5 Å². The summed E-state index contributed by atoms with van der Waals surface area (Å²) in [6.07, 6.45) is 76.6. The fourth-order valence-corrected chi connectivity index (χ4v) is 14.1. The minimum absolute atomic E-state index is 0.268. The largest absolute Gasteiger partial charge is 0.394 e. The maximum Gasteiger partial charge on any atom is 0.249 e. The highest BCUT2D eigenvalue weighted by atomic mass is 16.7. The Hall–Kier alpha value is -0.890. The van der Waals surface area contributed by atoms with E-state index in [-0.39, 0.29) is 6.42 Å². The summed E-state index contributed by atoms with van der Waals surface area (Å²) in [6.45, 7) is 3.55. The molecule has 8 N–H and O–H groups in total. The summed E-state index contributed by atoms with van der Waals surface area (Å²) in [6, 6.07) is -1.17. The molecular weight excluding hydrogens is 1150 g/mol. The van der Waals surface area contributed by atoms with Crippen molar-refractivity contribution in [3.63, 3.8) is 0 Å². The van der Waals surface area contributed by atoms with Crippen molar-refractivity contribution in [2.75, 3.05) is 13.2 Å². The number of carbonyl (C=O) groups excluding carboxylic acids is 1. The fourth-order valence-electron chi connectivity index (χ4n) is 14.1. The van der Waals surface area contributed by atoms with E-state index in [0.29, 0.717) is 19.3 Å². The lowest BCUT2D eigenvalue weighted by Crippen LogP contribution is -2.60. The van der Waals surface area contributed by atoms with E-state index in [2.05, 4.69) is 19.2 Å². The summed E-state index contributed by atoms with van der Waals surface area (Å²) < 4.78 is 11.2. The number of hydrogen-bond acceptors (Lipinski definition) is 10. The Bertz CT molecular complexity index is 1460. The van der Waals surface area contributed by atoms with Gasteiger partial charge in [0, 0.05) is 0 Å². The summed E-state index contributed by atoms with van der Waals surface area (Å²) >= 11 is 0. The molecule has 0 aromatic heterocycles. The molecule has 1 fully saturated rings. The van der Waals surface area contributed by atoms with E-state index < -0.39 is 74.2 Å². The van der Waals surface area contributed by atoms with Crippen LogP contribution in [0.5, 0.6) is 0 Å². The molecule has 92 heavy (non-hydrogen) atoms. The van der Waals surface area contributed by atoms with Crippen molar-refractivity contribution in [3.8, 4) is 0 Å². The van der Waals surface area contributed by atoms with Gasteiger partial charge in [-0.3, -0.25) is 4.79 Å². The summed E-state index contributed by atoms with van der Waals surface area (Å²) in [5.41, 5.74) is 0. The molecule has 1 heterocycles. The predicted octanol–water partition coefficient (Wildman–Crippen LogP) is 21.5. The predicted molar refractivity (Wildman–Crippen MR) is 390 cm³/mol. The first kappa shape index (κ1) is 89.1. The topological polar surface area (TPSA) is 189 Å². The van der Waals surface area contributed by atoms with Crippen molar-refractivity contribution < 1.29 is 50.0 Å². The highest BCUT2D eigenvalue weighted by Crippen LogP contribution is 2.25. The first-order valence-electron chi connectivity index (χ1n) is 41.4. The zero-order chi connectivity index (χ0) is 66.7. The minimum Gasteiger partial charge on any atom is -0.394 e. The Balaban J connectivity index is 2.09. The van der Waals surface area contributed by atoms with Crippen LogP contribution in [-0.2, 0) is 14.3 Å². The number of carbonyl (C=O) groups is 1. The molecule has 0 aromatic carbocycles. The van der Waals surface area contributed by atoms with E-state index in [1.165, 1.54) is 366 Å². The lowest BCUT2D eigenvalue weighted by molar-refractivity contribution is -0.303. The third-order valence-electron chi connectivity index (χ3n) is 20.7. The lowest BCUT2D eigenvalue weighted by Gasteiger charge is -2.40. The molecule has 9 atom stereocenters. The monoisotopic (exact) mass is 1310 g/mol. The molecule has 11 heteroatoms. The van der Waals surface area contributed by atoms with Gasteiger partial charge >= 0.3 is 0 Å². The Kier molecular flexibility index (Phi) is 67.8. The maximum absolute atomic E-state index is 13.3. The van der Waals surface area contributed by atoms with Gasteiger partial charge in [0.05, 0.1) is 25.4 Å². The first-order chi connectivity index (χ1) is 45.2. The van der Waals surface area contributed by atoms with Crippen LogP contribution in [0.3, 0.4) is 0 Å². The Morgan fingerprint density at radius 3 is 0.804 bits per heavy atom. The fraction of sp³-hybridized carbons (Fsp3) is 0.988. The molecule has 9 unspecified atom stereocenters. The first-order valence-corrected chi connectivity index (χ1v) is 41.4. The van der Waals surface area contributed by atoms with E-state index >= 15 is 0 Å². The molecule has 0 spiro atoms.